The molecule has 4 atom stereocenters. The number of sulfonamides is 1. The molecule has 1 aromatic rings. The summed E-state index contributed by atoms with van der Waals surface area (Å²) in [5, 5.41) is 0. The Morgan fingerprint density at radius 2 is 1.73 bits per heavy atom. The number of hydrogen-bond acceptors (Lipinski definition) is 8. The minimum Gasteiger partial charge on any atom is -0.463 e. The van der Waals surface area contributed by atoms with Crippen molar-refractivity contribution in [3.05, 3.63) is 29.8 Å². The van der Waals surface area contributed by atoms with Crippen LogP contribution >= 0.6 is 0 Å². The normalized spacial score (nSPS) is 26.5. The van der Waals surface area contributed by atoms with Gasteiger partial charge in [-0.15, -0.1) is 0 Å². The number of rotatable bonds is 8. The van der Waals surface area contributed by atoms with E-state index in [2.05, 4.69) is 4.72 Å². The summed E-state index contributed by atoms with van der Waals surface area (Å²) in [6.45, 7) is 4.17. The number of benzene rings is 1. The van der Waals surface area contributed by atoms with Crippen LogP contribution in [0.4, 0.5) is 0 Å². The third-order valence-electron chi connectivity index (χ3n) is 5.82. The molecular formula is C23H33NO8S. The maximum atomic E-state index is 13.1. The number of hydrogen-bond donors (Lipinski definition) is 1. The van der Waals surface area contributed by atoms with E-state index in [1.165, 1.54) is 26.0 Å². The van der Waals surface area contributed by atoms with Gasteiger partial charge in [-0.3, -0.25) is 9.59 Å². The van der Waals surface area contributed by atoms with Gasteiger partial charge in [-0.05, 0) is 31.9 Å². The average molecular weight is 484 g/mol. The molecule has 0 spiro atoms. The van der Waals surface area contributed by atoms with Gasteiger partial charge >= 0.3 is 11.9 Å². The molecule has 3 rings (SSSR count). The maximum Gasteiger partial charge on any atom is 0.303 e. The van der Waals surface area contributed by atoms with E-state index in [1.54, 1.807) is 12.1 Å². The molecule has 0 radical (unpaired) electrons. The van der Waals surface area contributed by atoms with Crippen LogP contribution in [0.1, 0.15) is 57.9 Å². The van der Waals surface area contributed by atoms with Gasteiger partial charge in [-0.25, -0.2) is 13.1 Å². The van der Waals surface area contributed by atoms with Crippen LogP contribution in [0.2, 0.25) is 0 Å². The summed E-state index contributed by atoms with van der Waals surface area (Å²) in [7, 11) is -3.92. The summed E-state index contributed by atoms with van der Waals surface area (Å²) in [6.07, 6.45) is 2.65. The summed E-state index contributed by atoms with van der Waals surface area (Å²) >= 11 is 0. The molecule has 2 aliphatic rings. The van der Waals surface area contributed by atoms with E-state index in [-0.39, 0.29) is 24.0 Å². The van der Waals surface area contributed by atoms with Crippen molar-refractivity contribution in [3.8, 4) is 0 Å². The molecule has 0 aromatic heterocycles. The highest BCUT2D eigenvalue weighted by Gasteiger charge is 2.44. The highest BCUT2D eigenvalue weighted by molar-refractivity contribution is 7.89. The second kappa shape index (κ2) is 11.4. The summed E-state index contributed by atoms with van der Waals surface area (Å²) in [5.74, 6) is -1.12. The van der Waals surface area contributed by atoms with E-state index in [1.807, 2.05) is 6.92 Å². The molecule has 1 aliphatic heterocycles. The van der Waals surface area contributed by atoms with Crippen LogP contribution in [0.15, 0.2) is 29.2 Å². The van der Waals surface area contributed by atoms with E-state index in [9.17, 15) is 18.0 Å². The number of carbonyl (C=O) groups excluding carboxylic acids is 2. The fourth-order valence-electron chi connectivity index (χ4n) is 4.22. The zero-order valence-electron chi connectivity index (χ0n) is 19.3. The molecule has 1 N–H and O–H groups in total. The third kappa shape index (κ3) is 7.49. The molecule has 1 heterocycles. The third-order valence-corrected chi connectivity index (χ3v) is 7.33. The van der Waals surface area contributed by atoms with E-state index in [0.717, 1.165) is 37.7 Å². The van der Waals surface area contributed by atoms with Crippen molar-refractivity contribution in [1.82, 2.24) is 4.72 Å². The fraction of sp³-hybridized carbons (Fsp3) is 0.652. The molecule has 184 valence electrons. The highest BCUT2D eigenvalue weighted by Crippen LogP contribution is 2.30. The zero-order chi connectivity index (χ0) is 24.0. The molecule has 1 saturated carbocycles. The van der Waals surface area contributed by atoms with Gasteiger partial charge in [0.05, 0.1) is 17.0 Å². The van der Waals surface area contributed by atoms with Crippen molar-refractivity contribution in [3.63, 3.8) is 0 Å². The van der Waals surface area contributed by atoms with Crippen molar-refractivity contribution < 1.29 is 37.0 Å². The van der Waals surface area contributed by atoms with Crippen molar-refractivity contribution in [1.29, 1.82) is 0 Å². The lowest BCUT2D eigenvalue weighted by atomic mass is 9.96. The highest BCUT2D eigenvalue weighted by atomic mass is 32.2. The predicted molar refractivity (Wildman–Crippen MR) is 119 cm³/mol. The molecule has 2 fully saturated rings. The fourth-order valence-corrected chi connectivity index (χ4v) is 5.47. The maximum absolute atomic E-state index is 13.1. The SMILES string of the molecule is CC(=O)OC[C@H]1O[C@H](OC2CCCCC2)C[C@H](NS(=O)(=O)c2ccc(C)cc2)[C@@H]1OC(C)=O. The topological polar surface area (TPSA) is 117 Å². The molecule has 1 aliphatic carbocycles. The Morgan fingerprint density at radius 3 is 2.33 bits per heavy atom. The predicted octanol–water partition coefficient (Wildman–Crippen LogP) is 2.60. The van der Waals surface area contributed by atoms with E-state index < -0.39 is 46.5 Å². The van der Waals surface area contributed by atoms with Gasteiger partial charge in [0.2, 0.25) is 10.0 Å². The van der Waals surface area contributed by atoms with Gasteiger partial charge in [0.15, 0.2) is 6.29 Å². The first kappa shape index (κ1) is 25.6. The average Bonchev–Trinajstić information content (AvgIpc) is 2.74. The van der Waals surface area contributed by atoms with Crippen molar-refractivity contribution in [2.24, 2.45) is 0 Å². The largest absolute Gasteiger partial charge is 0.463 e. The lowest BCUT2D eigenvalue weighted by Gasteiger charge is -2.42. The molecule has 9 nitrogen and oxygen atoms in total. The summed E-state index contributed by atoms with van der Waals surface area (Å²) in [5.41, 5.74) is 0.931. The van der Waals surface area contributed by atoms with Gasteiger partial charge in [0.1, 0.15) is 18.8 Å². The van der Waals surface area contributed by atoms with E-state index in [4.69, 9.17) is 18.9 Å². The Labute approximate surface area is 195 Å². The van der Waals surface area contributed by atoms with Crippen molar-refractivity contribution in [2.45, 2.75) is 94.8 Å². The second-order valence-electron chi connectivity index (χ2n) is 8.65. The Balaban J connectivity index is 1.84. The van der Waals surface area contributed by atoms with E-state index >= 15 is 0 Å². The van der Waals surface area contributed by atoms with Gasteiger partial charge in [0, 0.05) is 20.3 Å². The number of nitrogens with one attached hydrogen (secondary N) is 1. The molecule has 0 bridgehead atoms. The number of esters is 2. The van der Waals surface area contributed by atoms with Crippen LogP contribution < -0.4 is 4.72 Å². The summed E-state index contributed by atoms with van der Waals surface area (Å²) in [4.78, 5) is 23.3. The van der Waals surface area contributed by atoms with Crippen molar-refractivity contribution in [2.75, 3.05) is 6.61 Å². The summed E-state index contributed by atoms with van der Waals surface area (Å²) < 4.78 is 51.6. The monoisotopic (exact) mass is 483 g/mol. The Hall–Kier alpha value is -2.01. The van der Waals surface area contributed by atoms with Crippen LogP contribution in [-0.4, -0.2) is 57.6 Å². The lowest BCUT2D eigenvalue weighted by Crippen LogP contribution is -2.59. The van der Waals surface area contributed by atoms with E-state index in [0.29, 0.717) is 0 Å². The minimum absolute atomic E-state index is 0.0118. The van der Waals surface area contributed by atoms with Gasteiger partial charge in [-0.1, -0.05) is 37.0 Å². The molecular weight excluding hydrogens is 450 g/mol. The van der Waals surface area contributed by atoms with Crippen LogP contribution in [0, 0.1) is 6.92 Å². The Morgan fingerprint density at radius 1 is 1.06 bits per heavy atom. The number of ether oxygens (including phenoxy) is 4. The second-order valence-corrected chi connectivity index (χ2v) is 10.4. The molecule has 0 unspecified atom stereocenters. The molecule has 1 aromatic carbocycles. The van der Waals surface area contributed by atoms with Crippen LogP contribution in [-0.2, 0) is 38.6 Å². The van der Waals surface area contributed by atoms with Gasteiger partial charge in [-0.2, -0.15) is 0 Å². The smallest absolute Gasteiger partial charge is 0.303 e. The van der Waals surface area contributed by atoms with Crippen LogP contribution in [0.5, 0.6) is 0 Å². The van der Waals surface area contributed by atoms with Gasteiger partial charge in [0.25, 0.3) is 0 Å². The molecule has 0 amide bonds. The number of carbonyl (C=O) groups is 2. The zero-order valence-corrected chi connectivity index (χ0v) is 20.1. The van der Waals surface area contributed by atoms with Crippen molar-refractivity contribution >= 4 is 22.0 Å². The molecule has 10 heteroatoms. The quantitative estimate of drug-likeness (QED) is 0.561. The number of aryl methyl sites for hydroxylation is 1. The first-order valence-corrected chi connectivity index (χ1v) is 12.8. The molecule has 1 saturated heterocycles. The standard InChI is InChI=1S/C23H33NO8S/c1-15-9-11-19(12-10-15)33(27,28)24-20-13-22(31-18-7-5-4-6-8-18)32-21(14-29-16(2)25)23(20)30-17(3)26/h9-12,18,20-24H,4-8,13-14H2,1-3H3/t20-,21+,22-,23-/m0/s1. The summed E-state index contributed by atoms with van der Waals surface area (Å²) in [6, 6.07) is 5.62. The Kier molecular flexibility index (Phi) is 8.86. The first-order valence-electron chi connectivity index (χ1n) is 11.3. The Bertz CT molecular complexity index is 911. The lowest BCUT2D eigenvalue weighted by molar-refractivity contribution is -0.258. The van der Waals surface area contributed by atoms with Gasteiger partial charge < -0.3 is 18.9 Å². The van der Waals surface area contributed by atoms with Crippen LogP contribution in [0.25, 0.3) is 0 Å². The first-order chi connectivity index (χ1) is 15.6. The minimum atomic E-state index is -3.92. The van der Waals surface area contributed by atoms with Crippen LogP contribution in [0.3, 0.4) is 0 Å². The molecule has 33 heavy (non-hydrogen) atoms.